The molecule has 0 aliphatic rings. The van der Waals surface area contributed by atoms with E-state index in [1.54, 1.807) is 24.4 Å². The first-order valence-corrected chi connectivity index (χ1v) is 9.03. The van der Waals surface area contributed by atoms with Crippen LogP contribution in [0.25, 0.3) is 16.5 Å². The summed E-state index contributed by atoms with van der Waals surface area (Å²) in [5.74, 6) is -0.00470. The molecule has 0 amide bonds. The first kappa shape index (κ1) is 17.7. The fraction of sp³-hybridized carbons (Fsp3) is 0.0833. The number of ether oxygens (including phenoxy) is 1. The maximum absolute atomic E-state index is 13.0. The lowest BCUT2D eigenvalue weighted by molar-refractivity contribution is 0.0736. The van der Waals surface area contributed by atoms with E-state index in [1.165, 1.54) is 4.57 Å². The van der Waals surface area contributed by atoms with Crippen LogP contribution in [-0.4, -0.2) is 10.5 Å². The Labute approximate surface area is 162 Å². The lowest BCUT2D eigenvalue weighted by atomic mass is 10.1. The Bertz CT molecular complexity index is 1220. The molecule has 4 nitrogen and oxygen atoms in total. The third-order valence-electron chi connectivity index (χ3n) is 4.58. The van der Waals surface area contributed by atoms with Crippen LogP contribution in [0.4, 0.5) is 0 Å². The number of aryl methyl sites for hydroxylation is 2. The van der Waals surface area contributed by atoms with Crippen LogP contribution in [0.1, 0.15) is 21.5 Å². The molecule has 4 aromatic rings. The smallest absolute Gasteiger partial charge is 0.345 e. The van der Waals surface area contributed by atoms with Crippen molar-refractivity contribution < 1.29 is 9.53 Å². The zero-order valence-corrected chi connectivity index (χ0v) is 15.7. The number of fused-ring (bicyclic) bond motifs is 1. The van der Waals surface area contributed by atoms with E-state index in [9.17, 15) is 9.59 Å². The number of hydrogen-bond donors (Lipinski definition) is 0. The molecule has 3 aromatic carbocycles. The summed E-state index contributed by atoms with van der Waals surface area (Å²) in [6.07, 6.45) is 1.56. The molecule has 1 aromatic heterocycles. The van der Waals surface area contributed by atoms with Crippen LogP contribution in [0.5, 0.6) is 5.75 Å². The molecule has 0 saturated carbocycles. The SMILES string of the molecule is Cc1cc(C)cc(OC(=O)c2cn(-c3ccccc3)c(=O)c3ccccc23)c1. The Kier molecular flexibility index (Phi) is 4.53. The average molecular weight is 369 g/mol. The molecule has 4 rings (SSSR count). The number of hydrogen-bond acceptors (Lipinski definition) is 3. The summed E-state index contributed by atoms with van der Waals surface area (Å²) in [5.41, 5.74) is 2.89. The van der Waals surface area contributed by atoms with E-state index in [0.717, 1.165) is 11.1 Å². The Morgan fingerprint density at radius 2 is 1.43 bits per heavy atom. The number of para-hydroxylation sites is 1. The summed E-state index contributed by atoms with van der Waals surface area (Å²) in [6, 6.07) is 22.0. The Hall–Kier alpha value is -3.66. The number of esters is 1. The van der Waals surface area contributed by atoms with Gasteiger partial charge in [-0.15, -0.1) is 0 Å². The van der Waals surface area contributed by atoms with Gasteiger partial charge in [-0.1, -0.05) is 42.5 Å². The highest BCUT2D eigenvalue weighted by Crippen LogP contribution is 2.22. The minimum atomic E-state index is -0.495. The van der Waals surface area contributed by atoms with Crippen LogP contribution < -0.4 is 10.3 Å². The lowest BCUT2D eigenvalue weighted by Gasteiger charge is -2.12. The zero-order valence-electron chi connectivity index (χ0n) is 15.7. The number of aromatic nitrogens is 1. The molecule has 4 heteroatoms. The monoisotopic (exact) mass is 369 g/mol. The van der Waals surface area contributed by atoms with Crippen molar-refractivity contribution >= 4 is 16.7 Å². The van der Waals surface area contributed by atoms with Gasteiger partial charge in [0.15, 0.2) is 0 Å². The molecule has 0 bridgehead atoms. The first-order valence-electron chi connectivity index (χ1n) is 9.03. The summed E-state index contributed by atoms with van der Waals surface area (Å²) >= 11 is 0. The molecule has 0 atom stereocenters. The zero-order chi connectivity index (χ0) is 19.7. The van der Waals surface area contributed by atoms with E-state index in [-0.39, 0.29) is 5.56 Å². The van der Waals surface area contributed by atoms with Gasteiger partial charge in [0.05, 0.1) is 5.56 Å². The average Bonchev–Trinajstić information content (AvgIpc) is 2.68. The van der Waals surface area contributed by atoms with Gasteiger partial charge in [0.25, 0.3) is 5.56 Å². The van der Waals surface area contributed by atoms with Crippen LogP contribution >= 0.6 is 0 Å². The van der Waals surface area contributed by atoms with E-state index >= 15 is 0 Å². The van der Waals surface area contributed by atoms with E-state index < -0.39 is 5.97 Å². The quantitative estimate of drug-likeness (QED) is 0.384. The molecule has 138 valence electrons. The van der Waals surface area contributed by atoms with Crippen molar-refractivity contribution in [3.63, 3.8) is 0 Å². The van der Waals surface area contributed by atoms with Gasteiger partial charge in [0.2, 0.25) is 0 Å². The number of nitrogens with zero attached hydrogens (tertiary/aromatic N) is 1. The van der Waals surface area contributed by atoms with Crippen molar-refractivity contribution in [1.29, 1.82) is 0 Å². The predicted octanol–water partition coefficient (Wildman–Crippen LogP) is 4.83. The van der Waals surface area contributed by atoms with Gasteiger partial charge >= 0.3 is 5.97 Å². The molecular weight excluding hydrogens is 350 g/mol. The molecule has 0 aliphatic carbocycles. The second-order valence-electron chi connectivity index (χ2n) is 6.81. The molecule has 0 fully saturated rings. The van der Waals surface area contributed by atoms with Gasteiger partial charge in [0.1, 0.15) is 5.75 Å². The van der Waals surface area contributed by atoms with Crippen molar-refractivity contribution in [3.8, 4) is 11.4 Å². The topological polar surface area (TPSA) is 48.3 Å². The number of pyridine rings is 1. The normalized spacial score (nSPS) is 10.8. The molecule has 1 heterocycles. The lowest BCUT2D eigenvalue weighted by Crippen LogP contribution is -2.22. The highest BCUT2D eigenvalue weighted by Gasteiger charge is 2.17. The van der Waals surface area contributed by atoms with Gasteiger partial charge in [-0.05, 0) is 55.3 Å². The van der Waals surface area contributed by atoms with Gasteiger partial charge < -0.3 is 4.74 Å². The fourth-order valence-corrected chi connectivity index (χ4v) is 3.39. The molecule has 0 aliphatic heterocycles. The fourth-order valence-electron chi connectivity index (χ4n) is 3.39. The third kappa shape index (κ3) is 3.32. The maximum atomic E-state index is 13.0. The maximum Gasteiger partial charge on any atom is 0.345 e. The van der Waals surface area contributed by atoms with Crippen molar-refractivity contribution in [2.45, 2.75) is 13.8 Å². The number of carbonyl (C=O) groups excluding carboxylic acids is 1. The summed E-state index contributed by atoms with van der Waals surface area (Å²) in [5, 5.41) is 1.05. The van der Waals surface area contributed by atoms with Crippen LogP contribution in [0.2, 0.25) is 0 Å². The van der Waals surface area contributed by atoms with E-state index in [2.05, 4.69) is 0 Å². The number of benzene rings is 3. The molecule has 0 N–H and O–H groups in total. The predicted molar refractivity (Wildman–Crippen MR) is 110 cm³/mol. The van der Waals surface area contributed by atoms with E-state index in [1.807, 2.05) is 68.4 Å². The summed E-state index contributed by atoms with van der Waals surface area (Å²) in [6.45, 7) is 3.91. The summed E-state index contributed by atoms with van der Waals surface area (Å²) < 4.78 is 7.13. The molecule has 0 unspecified atom stereocenters. The second-order valence-corrected chi connectivity index (χ2v) is 6.81. The molecule has 0 radical (unpaired) electrons. The molecular formula is C24H19NO3. The third-order valence-corrected chi connectivity index (χ3v) is 4.58. The van der Waals surface area contributed by atoms with Gasteiger partial charge in [0, 0.05) is 22.7 Å². The van der Waals surface area contributed by atoms with E-state index in [4.69, 9.17) is 4.74 Å². The van der Waals surface area contributed by atoms with Crippen LogP contribution in [0.3, 0.4) is 0 Å². The van der Waals surface area contributed by atoms with Crippen LogP contribution in [0, 0.1) is 13.8 Å². The van der Waals surface area contributed by atoms with Gasteiger partial charge in [-0.2, -0.15) is 0 Å². The van der Waals surface area contributed by atoms with E-state index in [0.29, 0.717) is 27.8 Å². The van der Waals surface area contributed by atoms with Gasteiger partial charge in [-0.3, -0.25) is 9.36 Å². The van der Waals surface area contributed by atoms with Crippen LogP contribution in [-0.2, 0) is 0 Å². The highest BCUT2D eigenvalue weighted by atomic mass is 16.5. The molecule has 0 spiro atoms. The Balaban J connectivity index is 1.87. The highest BCUT2D eigenvalue weighted by molar-refractivity contribution is 6.04. The number of rotatable bonds is 3. The largest absolute Gasteiger partial charge is 0.423 e. The molecule has 28 heavy (non-hydrogen) atoms. The van der Waals surface area contributed by atoms with Crippen molar-refractivity contribution in [3.05, 3.63) is 106 Å². The van der Waals surface area contributed by atoms with Gasteiger partial charge in [-0.25, -0.2) is 4.79 Å². The number of carbonyl (C=O) groups is 1. The minimum absolute atomic E-state index is 0.176. The van der Waals surface area contributed by atoms with Crippen molar-refractivity contribution in [2.75, 3.05) is 0 Å². The van der Waals surface area contributed by atoms with Crippen molar-refractivity contribution in [2.24, 2.45) is 0 Å². The van der Waals surface area contributed by atoms with Crippen molar-refractivity contribution in [1.82, 2.24) is 4.57 Å². The summed E-state index contributed by atoms with van der Waals surface area (Å²) in [7, 11) is 0. The molecule has 0 saturated heterocycles. The first-order chi connectivity index (χ1) is 13.5. The summed E-state index contributed by atoms with van der Waals surface area (Å²) in [4.78, 5) is 26.0. The minimum Gasteiger partial charge on any atom is -0.423 e. The standard InChI is InChI=1S/C24H19NO3/c1-16-12-17(2)14-19(13-16)28-24(27)22-15-25(18-8-4-3-5-9-18)23(26)21-11-7-6-10-20(21)22/h3-15H,1-2H3. The Morgan fingerprint density at radius 3 is 2.11 bits per heavy atom. The Morgan fingerprint density at radius 1 is 0.821 bits per heavy atom. The van der Waals surface area contributed by atoms with Crippen LogP contribution in [0.15, 0.2) is 83.8 Å². The second kappa shape index (κ2) is 7.16.